The Morgan fingerprint density at radius 1 is 1.50 bits per heavy atom. The highest BCUT2D eigenvalue weighted by Crippen LogP contribution is 2.45. The van der Waals surface area contributed by atoms with Gasteiger partial charge < -0.3 is 5.11 Å². The molecule has 3 nitrogen and oxygen atoms in total. The minimum atomic E-state index is -0.714. The van der Waals surface area contributed by atoms with E-state index in [2.05, 4.69) is 25.8 Å². The lowest BCUT2D eigenvalue weighted by molar-refractivity contribution is -0.147. The molecule has 0 aromatic carbocycles. The quantitative estimate of drug-likeness (QED) is 0.863. The van der Waals surface area contributed by atoms with Crippen LogP contribution in [0.3, 0.4) is 0 Å². The molecule has 1 aromatic rings. The molecule has 4 heteroatoms. The highest BCUT2D eigenvalue weighted by molar-refractivity contribution is 7.10. The molecule has 1 N–H and O–H groups in total. The molecule has 1 aromatic heterocycles. The summed E-state index contributed by atoms with van der Waals surface area (Å²) in [5.74, 6) is -0.714. The first-order chi connectivity index (χ1) is 7.36. The van der Waals surface area contributed by atoms with Gasteiger partial charge in [0.05, 0.1) is 5.69 Å². The zero-order valence-corrected chi connectivity index (χ0v) is 10.7. The number of aromatic nitrogens is 1. The molecule has 1 saturated carbocycles. The van der Waals surface area contributed by atoms with Gasteiger partial charge in [-0.3, -0.25) is 4.79 Å². The molecule has 0 bridgehead atoms. The number of aliphatic carboxylic acids is 1. The van der Waals surface area contributed by atoms with E-state index >= 15 is 0 Å². The van der Waals surface area contributed by atoms with Crippen LogP contribution in [0.25, 0.3) is 0 Å². The van der Waals surface area contributed by atoms with Gasteiger partial charge in [-0.05, 0) is 12.8 Å². The molecule has 0 aliphatic heterocycles. The molecular formula is C12H17NO2S. The Bertz CT molecular complexity index is 413. The largest absolute Gasteiger partial charge is 0.481 e. The second kappa shape index (κ2) is 3.55. The maximum absolute atomic E-state index is 11.3. The Morgan fingerprint density at radius 3 is 2.44 bits per heavy atom. The Hall–Kier alpha value is -0.900. The molecule has 88 valence electrons. The third kappa shape index (κ3) is 1.65. The van der Waals surface area contributed by atoms with Crippen LogP contribution in [-0.2, 0) is 15.6 Å². The molecule has 0 amide bonds. The van der Waals surface area contributed by atoms with Crippen LogP contribution in [0, 0.1) is 0 Å². The summed E-state index contributed by atoms with van der Waals surface area (Å²) in [6.07, 6.45) is 2.47. The van der Waals surface area contributed by atoms with E-state index in [4.69, 9.17) is 0 Å². The lowest BCUT2D eigenvalue weighted by Crippen LogP contribution is -2.42. The Morgan fingerprint density at radius 2 is 2.12 bits per heavy atom. The van der Waals surface area contributed by atoms with Crippen LogP contribution in [0.4, 0.5) is 0 Å². The standard InChI is InChI=1S/C12H17NO2S/c1-11(2,3)8-7-16-9(13-8)12(10(14)15)5-4-6-12/h7H,4-6H2,1-3H3,(H,14,15). The van der Waals surface area contributed by atoms with Crippen LogP contribution in [0.5, 0.6) is 0 Å². The Kier molecular flexibility index (Phi) is 2.57. The topological polar surface area (TPSA) is 50.2 Å². The molecule has 16 heavy (non-hydrogen) atoms. The molecule has 0 saturated heterocycles. The predicted molar refractivity (Wildman–Crippen MR) is 64.0 cm³/mol. The van der Waals surface area contributed by atoms with Crippen LogP contribution in [0.15, 0.2) is 5.38 Å². The van der Waals surface area contributed by atoms with Crippen molar-refractivity contribution in [2.45, 2.75) is 50.9 Å². The molecular weight excluding hydrogens is 222 g/mol. The summed E-state index contributed by atoms with van der Waals surface area (Å²) < 4.78 is 0. The van der Waals surface area contributed by atoms with Crippen molar-refractivity contribution in [3.05, 3.63) is 16.1 Å². The number of thiazole rings is 1. The average molecular weight is 239 g/mol. The third-order valence-electron chi connectivity index (χ3n) is 3.30. The maximum atomic E-state index is 11.3. The van der Waals surface area contributed by atoms with Gasteiger partial charge in [0.25, 0.3) is 0 Å². The van der Waals surface area contributed by atoms with Crippen molar-refractivity contribution in [2.75, 3.05) is 0 Å². The van der Waals surface area contributed by atoms with Crippen molar-refractivity contribution in [3.63, 3.8) is 0 Å². The van der Waals surface area contributed by atoms with Crippen molar-refractivity contribution < 1.29 is 9.90 Å². The minimum absolute atomic E-state index is 0.00180. The molecule has 1 fully saturated rings. The predicted octanol–water partition coefficient (Wildman–Crippen LogP) is 2.95. The summed E-state index contributed by atoms with van der Waals surface area (Å²) in [4.78, 5) is 15.9. The zero-order valence-electron chi connectivity index (χ0n) is 9.91. The number of carbonyl (C=O) groups is 1. The fourth-order valence-corrected chi connectivity index (χ4v) is 3.19. The molecule has 1 heterocycles. The van der Waals surface area contributed by atoms with Crippen LogP contribution >= 0.6 is 11.3 Å². The zero-order chi connectivity index (χ0) is 12.0. The number of hydrogen-bond acceptors (Lipinski definition) is 3. The van der Waals surface area contributed by atoms with E-state index in [-0.39, 0.29) is 5.41 Å². The van der Waals surface area contributed by atoms with Crippen LogP contribution < -0.4 is 0 Å². The van der Waals surface area contributed by atoms with Gasteiger partial charge in [-0.15, -0.1) is 11.3 Å². The second-order valence-electron chi connectivity index (χ2n) is 5.53. The first-order valence-electron chi connectivity index (χ1n) is 5.56. The molecule has 0 atom stereocenters. The van der Waals surface area contributed by atoms with Gasteiger partial charge in [-0.25, -0.2) is 4.98 Å². The fraction of sp³-hybridized carbons (Fsp3) is 0.667. The van der Waals surface area contributed by atoms with E-state index in [0.717, 1.165) is 30.0 Å². The maximum Gasteiger partial charge on any atom is 0.316 e. The average Bonchev–Trinajstić information content (AvgIpc) is 2.48. The fourth-order valence-electron chi connectivity index (χ4n) is 1.89. The second-order valence-corrected chi connectivity index (χ2v) is 6.39. The van der Waals surface area contributed by atoms with Crippen molar-refractivity contribution >= 4 is 17.3 Å². The molecule has 0 unspecified atom stereocenters. The van der Waals surface area contributed by atoms with Gasteiger partial charge in [0, 0.05) is 10.8 Å². The van der Waals surface area contributed by atoms with Gasteiger partial charge in [-0.1, -0.05) is 27.2 Å². The van der Waals surface area contributed by atoms with Gasteiger partial charge in [0.1, 0.15) is 10.4 Å². The van der Waals surface area contributed by atoms with E-state index in [1.54, 1.807) is 0 Å². The SMILES string of the molecule is CC(C)(C)c1csc(C2(C(=O)O)CCC2)n1. The van der Waals surface area contributed by atoms with E-state index in [0.29, 0.717) is 0 Å². The summed E-state index contributed by atoms with van der Waals surface area (Å²) >= 11 is 1.50. The molecule has 1 aliphatic rings. The lowest BCUT2D eigenvalue weighted by atomic mass is 9.69. The van der Waals surface area contributed by atoms with E-state index in [9.17, 15) is 9.90 Å². The lowest BCUT2D eigenvalue weighted by Gasteiger charge is -2.35. The van der Waals surface area contributed by atoms with Crippen molar-refractivity contribution in [1.29, 1.82) is 0 Å². The number of nitrogens with zero attached hydrogens (tertiary/aromatic N) is 1. The highest BCUT2D eigenvalue weighted by atomic mass is 32.1. The van der Waals surface area contributed by atoms with Crippen molar-refractivity contribution in [1.82, 2.24) is 4.98 Å². The summed E-state index contributed by atoms with van der Waals surface area (Å²) in [5, 5.41) is 12.1. The normalized spacial score (nSPS) is 19.2. The monoisotopic (exact) mass is 239 g/mol. The highest BCUT2D eigenvalue weighted by Gasteiger charge is 2.48. The first-order valence-corrected chi connectivity index (χ1v) is 6.44. The molecule has 2 rings (SSSR count). The number of carboxylic acids is 1. The number of hydrogen-bond donors (Lipinski definition) is 1. The van der Waals surface area contributed by atoms with Crippen LogP contribution in [0.1, 0.15) is 50.7 Å². The van der Waals surface area contributed by atoms with Gasteiger partial charge in [-0.2, -0.15) is 0 Å². The molecule has 1 aliphatic carbocycles. The summed E-state index contributed by atoms with van der Waals surface area (Å²) in [7, 11) is 0. The molecule has 0 spiro atoms. The Labute approximate surface area is 99.5 Å². The number of rotatable bonds is 2. The summed E-state index contributed by atoms with van der Waals surface area (Å²) in [6, 6.07) is 0. The van der Waals surface area contributed by atoms with Gasteiger partial charge >= 0.3 is 5.97 Å². The minimum Gasteiger partial charge on any atom is -0.481 e. The van der Waals surface area contributed by atoms with Crippen molar-refractivity contribution in [3.8, 4) is 0 Å². The van der Waals surface area contributed by atoms with Crippen molar-refractivity contribution in [2.24, 2.45) is 0 Å². The summed E-state index contributed by atoms with van der Waals surface area (Å²) in [5.41, 5.74) is 0.326. The van der Waals surface area contributed by atoms with E-state index in [1.807, 2.05) is 5.38 Å². The van der Waals surface area contributed by atoms with E-state index < -0.39 is 11.4 Å². The van der Waals surface area contributed by atoms with Gasteiger partial charge in [0.2, 0.25) is 0 Å². The van der Waals surface area contributed by atoms with Crippen LogP contribution in [-0.4, -0.2) is 16.1 Å². The van der Waals surface area contributed by atoms with Gasteiger partial charge in [0.15, 0.2) is 0 Å². The summed E-state index contributed by atoms with van der Waals surface area (Å²) in [6.45, 7) is 6.29. The molecule has 0 radical (unpaired) electrons. The first kappa shape index (κ1) is 11.6. The third-order valence-corrected chi connectivity index (χ3v) is 4.34. The smallest absolute Gasteiger partial charge is 0.316 e. The number of carboxylic acid groups (broad SMARTS) is 1. The Balaban J connectivity index is 2.35. The van der Waals surface area contributed by atoms with E-state index in [1.165, 1.54) is 11.3 Å². The van der Waals surface area contributed by atoms with Crippen LogP contribution in [0.2, 0.25) is 0 Å².